The lowest BCUT2D eigenvalue weighted by Crippen LogP contribution is -2.08. The molecular formula is C17H15F2NO3. The Morgan fingerprint density at radius 3 is 2.39 bits per heavy atom. The first-order chi connectivity index (χ1) is 11.0. The molecule has 0 aliphatic heterocycles. The van der Waals surface area contributed by atoms with Crippen LogP contribution in [0.5, 0.6) is 11.5 Å². The van der Waals surface area contributed by atoms with Gasteiger partial charge in [0, 0.05) is 17.8 Å². The molecule has 0 fully saturated rings. The molecule has 2 aromatic carbocycles. The zero-order valence-electron chi connectivity index (χ0n) is 12.6. The van der Waals surface area contributed by atoms with E-state index >= 15 is 0 Å². The quantitative estimate of drug-likeness (QED) is 0.856. The maximum Gasteiger partial charge on any atom is 0.248 e. The molecule has 0 bridgehead atoms. The molecule has 1 amide bonds. The molecule has 1 N–H and O–H groups in total. The predicted octanol–water partition coefficient (Wildman–Crippen LogP) is 3.63. The first kappa shape index (κ1) is 16.5. The summed E-state index contributed by atoms with van der Waals surface area (Å²) in [5.74, 6) is -1.34. The van der Waals surface area contributed by atoms with E-state index in [1.807, 2.05) is 0 Å². The van der Waals surface area contributed by atoms with E-state index in [4.69, 9.17) is 9.47 Å². The fraction of sp³-hybridized carbons (Fsp3) is 0.118. The number of carbonyl (C=O) groups is 1. The topological polar surface area (TPSA) is 47.6 Å². The van der Waals surface area contributed by atoms with Gasteiger partial charge in [0.2, 0.25) is 5.91 Å². The monoisotopic (exact) mass is 319 g/mol. The molecule has 0 atom stereocenters. The van der Waals surface area contributed by atoms with Crippen molar-refractivity contribution >= 4 is 17.7 Å². The molecule has 0 aromatic heterocycles. The summed E-state index contributed by atoms with van der Waals surface area (Å²) in [6, 6.07) is 8.32. The number of halogens is 2. The van der Waals surface area contributed by atoms with Gasteiger partial charge in [-0.1, -0.05) is 6.07 Å². The highest BCUT2D eigenvalue weighted by Crippen LogP contribution is 2.27. The molecule has 4 nitrogen and oxygen atoms in total. The minimum Gasteiger partial charge on any atom is -0.493 e. The van der Waals surface area contributed by atoms with E-state index in [9.17, 15) is 13.6 Å². The van der Waals surface area contributed by atoms with Crippen LogP contribution in [-0.2, 0) is 4.79 Å². The summed E-state index contributed by atoms with van der Waals surface area (Å²) in [4.78, 5) is 11.8. The SMILES string of the molecule is COc1ccc(/C=C/C(=O)Nc2ccc(F)c(F)c2)cc1OC. The predicted molar refractivity (Wildman–Crippen MR) is 83.6 cm³/mol. The van der Waals surface area contributed by atoms with Crippen molar-refractivity contribution in [1.82, 2.24) is 0 Å². The lowest BCUT2D eigenvalue weighted by molar-refractivity contribution is -0.111. The van der Waals surface area contributed by atoms with Crippen molar-refractivity contribution in [3.05, 3.63) is 59.7 Å². The first-order valence-corrected chi connectivity index (χ1v) is 6.69. The number of anilines is 1. The van der Waals surface area contributed by atoms with Gasteiger partial charge in [0.05, 0.1) is 14.2 Å². The van der Waals surface area contributed by atoms with Crippen LogP contribution in [0, 0.1) is 11.6 Å². The number of hydrogen-bond donors (Lipinski definition) is 1. The number of benzene rings is 2. The van der Waals surface area contributed by atoms with Gasteiger partial charge in [0.25, 0.3) is 0 Å². The van der Waals surface area contributed by atoms with Crippen LogP contribution in [0.2, 0.25) is 0 Å². The molecular weight excluding hydrogens is 304 g/mol. The number of hydrogen-bond acceptors (Lipinski definition) is 3. The van der Waals surface area contributed by atoms with Gasteiger partial charge in [-0.15, -0.1) is 0 Å². The molecule has 0 saturated heterocycles. The van der Waals surface area contributed by atoms with Crippen molar-refractivity contribution in [3.8, 4) is 11.5 Å². The van der Waals surface area contributed by atoms with Crippen LogP contribution in [0.15, 0.2) is 42.5 Å². The molecule has 0 aliphatic carbocycles. The summed E-state index contributed by atoms with van der Waals surface area (Å²) in [5, 5.41) is 2.44. The van der Waals surface area contributed by atoms with Crippen LogP contribution in [0.25, 0.3) is 6.08 Å². The Balaban J connectivity index is 2.07. The Labute approximate surface area is 132 Å². The number of nitrogens with one attached hydrogen (secondary N) is 1. The van der Waals surface area contributed by atoms with Crippen LogP contribution in [0.3, 0.4) is 0 Å². The van der Waals surface area contributed by atoms with Gasteiger partial charge in [0.1, 0.15) is 0 Å². The van der Waals surface area contributed by atoms with Crippen LogP contribution in [-0.4, -0.2) is 20.1 Å². The molecule has 0 unspecified atom stereocenters. The minimum atomic E-state index is -1.02. The molecule has 2 aromatic rings. The molecule has 0 saturated carbocycles. The summed E-state index contributed by atoms with van der Waals surface area (Å²) in [5.41, 5.74) is 0.897. The zero-order chi connectivity index (χ0) is 16.8. The molecule has 0 aliphatic rings. The van der Waals surface area contributed by atoms with Crippen molar-refractivity contribution in [2.45, 2.75) is 0 Å². The third-order valence-corrected chi connectivity index (χ3v) is 3.02. The van der Waals surface area contributed by atoms with Crippen LogP contribution >= 0.6 is 0 Å². The number of amides is 1. The van der Waals surface area contributed by atoms with Crippen LogP contribution < -0.4 is 14.8 Å². The molecule has 0 heterocycles. The van der Waals surface area contributed by atoms with E-state index in [2.05, 4.69) is 5.32 Å². The van der Waals surface area contributed by atoms with E-state index in [0.717, 1.165) is 17.7 Å². The molecule has 0 spiro atoms. The van der Waals surface area contributed by atoms with E-state index in [0.29, 0.717) is 11.5 Å². The van der Waals surface area contributed by atoms with Crippen LogP contribution in [0.1, 0.15) is 5.56 Å². The Bertz CT molecular complexity index is 745. The number of carbonyl (C=O) groups excluding carboxylic acids is 1. The summed E-state index contributed by atoms with van der Waals surface area (Å²) >= 11 is 0. The van der Waals surface area contributed by atoms with E-state index < -0.39 is 17.5 Å². The van der Waals surface area contributed by atoms with Crippen molar-refractivity contribution < 1.29 is 23.0 Å². The maximum atomic E-state index is 13.1. The van der Waals surface area contributed by atoms with Gasteiger partial charge in [-0.25, -0.2) is 8.78 Å². The van der Waals surface area contributed by atoms with Crippen LogP contribution in [0.4, 0.5) is 14.5 Å². The average molecular weight is 319 g/mol. The smallest absolute Gasteiger partial charge is 0.248 e. The van der Waals surface area contributed by atoms with Gasteiger partial charge in [0.15, 0.2) is 23.1 Å². The maximum absolute atomic E-state index is 13.1. The standard InChI is InChI=1S/C17H15F2NO3/c1-22-15-7-3-11(9-16(15)23-2)4-8-17(21)20-12-5-6-13(18)14(19)10-12/h3-10H,1-2H3,(H,20,21)/b8-4+. The summed E-state index contributed by atoms with van der Waals surface area (Å²) in [6.07, 6.45) is 2.85. The largest absolute Gasteiger partial charge is 0.493 e. The highest BCUT2D eigenvalue weighted by molar-refractivity contribution is 6.01. The van der Waals surface area contributed by atoms with Gasteiger partial charge in [-0.3, -0.25) is 4.79 Å². The molecule has 6 heteroatoms. The van der Waals surface area contributed by atoms with E-state index in [-0.39, 0.29) is 5.69 Å². The molecule has 120 valence electrons. The third kappa shape index (κ3) is 4.29. The lowest BCUT2D eigenvalue weighted by atomic mass is 10.2. The van der Waals surface area contributed by atoms with Crippen molar-refractivity contribution in [2.24, 2.45) is 0 Å². The van der Waals surface area contributed by atoms with Gasteiger partial charge in [-0.05, 0) is 35.9 Å². The molecule has 23 heavy (non-hydrogen) atoms. The third-order valence-electron chi connectivity index (χ3n) is 3.02. The highest BCUT2D eigenvalue weighted by atomic mass is 19.2. The van der Waals surface area contributed by atoms with E-state index in [1.54, 1.807) is 24.3 Å². The number of methoxy groups -OCH3 is 2. The minimum absolute atomic E-state index is 0.172. The second kappa shape index (κ2) is 7.40. The molecule has 0 radical (unpaired) electrons. The molecule has 2 rings (SSSR count). The van der Waals surface area contributed by atoms with Gasteiger partial charge >= 0.3 is 0 Å². The summed E-state index contributed by atoms with van der Waals surface area (Å²) in [6.45, 7) is 0. The lowest BCUT2D eigenvalue weighted by Gasteiger charge is -2.07. The number of ether oxygens (including phenoxy) is 2. The Kier molecular flexibility index (Phi) is 5.30. The normalized spacial score (nSPS) is 10.6. The van der Waals surface area contributed by atoms with Gasteiger partial charge < -0.3 is 14.8 Å². The van der Waals surface area contributed by atoms with E-state index in [1.165, 1.54) is 26.4 Å². The second-order valence-electron chi connectivity index (χ2n) is 4.57. The summed E-state index contributed by atoms with van der Waals surface area (Å²) in [7, 11) is 3.05. The highest BCUT2D eigenvalue weighted by Gasteiger charge is 2.05. The summed E-state index contributed by atoms with van der Waals surface area (Å²) < 4.78 is 36.2. The fourth-order valence-corrected chi connectivity index (χ4v) is 1.89. The van der Waals surface area contributed by atoms with Gasteiger partial charge in [-0.2, -0.15) is 0 Å². The van der Waals surface area contributed by atoms with Crippen molar-refractivity contribution in [1.29, 1.82) is 0 Å². The Hall–Kier alpha value is -2.89. The van der Waals surface area contributed by atoms with Crippen molar-refractivity contribution in [2.75, 3.05) is 19.5 Å². The fourth-order valence-electron chi connectivity index (χ4n) is 1.89. The Morgan fingerprint density at radius 2 is 1.74 bits per heavy atom. The average Bonchev–Trinajstić information content (AvgIpc) is 2.56. The second-order valence-corrected chi connectivity index (χ2v) is 4.57. The first-order valence-electron chi connectivity index (χ1n) is 6.69. The Morgan fingerprint density at radius 1 is 1.00 bits per heavy atom. The zero-order valence-corrected chi connectivity index (χ0v) is 12.6. The van der Waals surface area contributed by atoms with Crippen molar-refractivity contribution in [3.63, 3.8) is 0 Å². The number of rotatable bonds is 5.